The van der Waals surface area contributed by atoms with E-state index < -0.39 is 0 Å². The molecule has 0 radical (unpaired) electrons. The maximum atomic E-state index is 11.0. The molecule has 3 N–H and O–H groups in total. The SMILES string of the molecule is COc1ccc(-c2cc3c(-c4cccc5cc(-c6ccc(O)cc6)[nH]c45)cccc3n2O)cc1. The van der Waals surface area contributed by atoms with Gasteiger partial charge in [-0.25, -0.2) is 0 Å². The highest BCUT2D eigenvalue weighted by atomic mass is 16.5. The quantitative estimate of drug-likeness (QED) is 0.254. The van der Waals surface area contributed by atoms with Gasteiger partial charge in [-0.2, -0.15) is 4.73 Å². The number of para-hydroxylation sites is 1. The van der Waals surface area contributed by atoms with Crippen LogP contribution < -0.4 is 4.74 Å². The summed E-state index contributed by atoms with van der Waals surface area (Å²) in [4.78, 5) is 3.56. The second-order valence-electron chi connectivity index (χ2n) is 8.31. The fourth-order valence-electron chi connectivity index (χ4n) is 4.60. The minimum atomic E-state index is 0.244. The molecule has 2 heterocycles. The van der Waals surface area contributed by atoms with E-state index in [1.54, 1.807) is 19.2 Å². The molecule has 0 aliphatic rings. The fourth-order valence-corrected chi connectivity index (χ4v) is 4.60. The number of ether oxygens (including phenoxy) is 1. The molecule has 0 spiro atoms. The Hall–Kier alpha value is -4.64. The summed E-state index contributed by atoms with van der Waals surface area (Å²) >= 11 is 0. The average molecular weight is 447 g/mol. The molecular formula is C29H22N2O3. The standard InChI is InChI=1S/C29H22N2O3/c1-34-22-14-10-19(11-15-22)28-17-25-23(5-3-7-27(25)31(28)33)24-6-2-4-20-16-26(30-29(20)24)18-8-12-21(32)13-9-18/h2-17,30,32-33H,1H3. The molecule has 0 saturated heterocycles. The lowest BCUT2D eigenvalue weighted by Crippen LogP contribution is -1.93. The number of nitrogens with zero attached hydrogens (tertiary/aromatic N) is 1. The van der Waals surface area contributed by atoms with Crippen molar-refractivity contribution in [2.45, 2.75) is 0 Å². The highest BCUT2D eigenvalue weighted by molar-refractivity contribution is 6.06. The van der Waals surface area contributed by atoms with Gasteiger partial charge in [-0.3, -0.25) is 0 Å². The van der Waals surface area contributed by atoms with Gasteiger partial charge in [-0.15, -0.1) is 0 Å². The van der Waals surface area contributed by atoms with Crippen LogP contribution in [0.1, 0.15) is 0 Å². The molecule has 6 rings (SSSR count). The van der Waals surface area contributed by atoms with E-state index >= 15 is 0 Å². The molecule has 0 amide bonds. The van der Waals surface area contributed by atoms with E-state index in [0.29, 0.717) is 5.69 Å². The van der Waals surface area contributed by atoms with Crippen molar-refractivity contribution in [3.05, 3.63) is 97.1 Å². The molecule has 0 unspecified atom stereocenters. The van der Waals surface area contributed by atoms with Gasteiger partial charge in [0.25, 0.3) is 0 Å². The second-order valence-corrected chi connectivity index (χ2v) is 8.31. The van der Waals surface area contributed by atoms with Gasteiger partial charge in [0.2, 0.25) is 0 Å². The maximum Gasteiger partial charge on any atom is 0.118 e. The van der Waals surface area contributed by atoms with Crippen molar-refractivity contribution in [1.29, 1.82) is 0 Å². The Kier molecular flexibility index (Phi) is 4.56. The van der Waals surface area contributed by atoms with Crippen molar-refractivity contribution < 1.29 is 15.1 Å². The Morgan fingerprint density at radius 3 is 2.24 bits per heavy atom. The smallest absolute Gasteiger partial charge is 0.118 e. The van der Waals surface area contributed by atoms with Crippen LogP contribution in [-0.2, 0) is 0 Å². The van der Waals surface area contributed by atoms with Gasteiger partial charge in [0.05, 0.1) is 23.8 Å². The number of hydrogen-bond acceptors (Lipinski definition) is 3. The van der Waals surface area contributed by atoms with Crippen LogP contribution in [0.25, 0.3) is 55.4 Å². The zero-order valence-corrected chi connectivity index (χ0v) is 18.5. The van der Waals surface area contributed by atoms with Crippen LogP contribution in [0.4, 0.5) is 0 Å². The highest BCUT2D eigenvalue weighted by Gasteiger charge is 2.16. The Bertz CT molecular complexity index is 1640. The molecule has 34 heavy (non-hydrogen) atoms. The molecule has 0 aliphatic heterocycles. The Morgan fingerprint density at radius 2 is 1.47 bits per heavy atom. The summed E-state index contributed by atoms with van der Waals surface area (Å²) in [5, 5.41) is 22.7. The minimum Gasteiger partial charge on any atom is -0.508 e. The predicted octanol–water partition coefficient (Wildman–Crippen LogP) is 7.08. The van der Waals surface area contributed by atoms with E-state index in [4.69, 9.17) is 4.74 Å². The zero-order chi connectivity index (χ0) is 23.2. The van der Waals surface area contributed by atoms with Crippen molar-refractivity contribution in [2.24, 2.45) is 0 Å². The fraction of sp³-hybridized carbons (Fsp3) is 0.0345. The average Bonchev–Trinajstić information content (AvgIpc) is 3.46. The summed E-state index contributed by atoms with van der Waals surface area (Å²) in [7, 11) is 1.64. The van der Waals surface area contributed by atoms with E-state index in [9.17, 15) is 10.3 Å². The monoisotopic (exact) mass is 446 g/mol. The Morgan fingerprint density at radius 1 is 0.765 bits per heavy atom. The Labute approximate surface area is 196 Å². The van der Waals surface area contributed by atoms with Gasteiger partial charge < -0.3 is 20.0 Å². The molecule has 0 bridgehead atoms. The number of fused-ring (bicyclic) bond motifs is 2. The van der Waals surface area contributed by atoms with Crippen molar-refractivity contribution in [2.75, 3.05) is 7.11 Å². The summed E-state index contributed by atoms with van der Waals surface area (Å²) in [6.45, 7) is 0. The third-order valence-corrected chi connectivity index (χ3v) is 6.33. The first kappa shape index (κ1) is 20.0. The molecular weight excluding hydrogens is 424 g/mol. The van der Waals surface area contributed by atoms with E-state index in [0.717, 1.165) is 55.5 Å². The topological polar surface area (TPSA) is 70.4 Å². The molecule has 166 valence electrons. The van der Waals surface area contributed by atoms with Gasteiger partial charge in [-0.05, 0) is 77.9 Å². The lowest BCUT2D eigenvalue weighted by Gasteiger charge is -2.06. The number of phenolic OH excluding ortho intramolecular Hbond substituents is 1. The number of methoxy groups -OCH3 is 1. The summed E-state index contributed by atoms with van der Waals surface area (Å²) in [6.07, 6.45) is 0. The minimum absolute atomic E-state index is 0.244. The Balaban J connectivity index is 1.52. The van der Waals surface area contributed by atoms with Crippen LogP contribution in [0.5, 0.6) is 11.5 Å². The number of aromatic hydroxyl groups is 1. The van der Waals surface area contributed by atoms with Crippen LogP contribution in [0.2, 0.25) is 0 Å². The first-order chi connectivity index (χ1) is 16.6. The normalized spacial score (nSPS) is 11.3. The van der Waals surface area contributed by atoms with Gasteiger partial charge >= 0.3 is 0 Å². The van der Waals surface area contributed by atoms with Gasteiger partial charge in [-0.1, -0.05) is 30.3 Å². The van der Waals surface area contributed by atoms with Crippen molar-refractivity contribution in [3.63, 3.8) is 0 Å². The van der Waals surface area contributed by atoms with Crippen molar-refractivity contribution in [1.82, 2.24) is 9.71 Å². The number of benzene rings is 4. The lowest BCUT2D eigenvalue weighted by molar-refractivity contribution is 0.205. The molecule has 0 atom stereocenters. The molecule has 5 heteroatoms. The van der Waals surface area contributed by atoms with Crippen molar-refractivity contribution >= 4 is 21.8 Å². The first-order valence-corrected chi connectivity index (χ1v) is 11.0. The first-order valence-electron chi connectivity index (χ1n) is 11.0. The molecule has 2 aromatic heterocycles. The third-order valence-electron chi connectivity index (χ3n) is 6.33. The summed E-state index contributed by atoms with van der Waals surface area (Å²) in [6, 6.07) is 31.1. The highest BCUT2D eigenvalue weighted by Crippen LogP contribution is 2.38. The number of nitrogens with one attached hydrogen (secondary N) is 1. The van der Waals surface area contributed by atoms with Crippen LogP contribution in [0.3, 0.4) is 0 Å². The molecule has 0 saturated carbocycles. The van der Waals surface area contributed by atoms with Crippen LogP contribution >= 0.6 is 0 Å². The number of phenols is 1. The third kappa shape index (κ3) is 3.18. The number of aromatic nitrogens is 2. The van der Waals surface area contributed by atoms with Crippen LogP contribution in [-0.4, -0.2) is 27.1 Å². The van der Waals surface area contributed by atoms with Crippen LogP contribution in [0.15, 0.2) is 97.1 Å². The molecule has 5 nitrogen and oxygen atoms in total. The number of aromatic amines is 1. The summed E-state index contributed by atoms with van der Waals surface area (Å²) < 4.78 is 6.51. The number of H-pyrrole nitrogens is 1. The molecule has 4 aromatic carbocycles. The van der Waals surface area contributed by atoms with Gasteiger partial charge in [0, 0.05) is 27.6 Å². The van der Waals surface area contributed by atoms with E-state index in [1.807, 2.05) is 60.7 Å². The van der Waals surface area contributed by atoms with Crippen LogP contribution in [0, 0.1) is 0 Å². The summed E-state index contributed by atoms with van der Waals surface area (Å²) in [5.74, 6) is 1.02. The lowest BCUT2D eigenvalue weighted by atomic mass is 9.99. The van der Waals surface area contributed by atoms with Gasteiger partial charge in [0.1, 0.15) is 11.5 Å². The zero-order valence-electron chi connectivity index (χ0n) is 18.5. The van der Waals surface area contributed by atoms with E-state index in [-0.39, 0.29) is 5.75 Å². The second kappa shape index (κ2) is 7.74. The number of hydrogen-bond donors (Lipinski definition) is 3. The predicted molar refractivity (Wildman–Crippen MR) is 136 cm³/mol. The molecule has 6 aromatic rings. The van der Waals surface area contributed by atoms with E-state index in [1.165, 1.54) is 4.73 Å². The van der Waals surface area contributed by atoms with Crippen molar-refractivity contribution in [3.8, 4) is 45.1 Å². The largest absolute Gasteiger partial charge is 0.508 e. The van der Waals surface area contributed by atoms with Gasteiger partial charge in [0.15, 0.2) is 0 Å². The van der Waals surface area contributed by atoms with E-state index in [2.05, 4.69) is 29.2 Å². The molecule has 0 aliphatic carbocycles. The number of rotatable bonds is 4. The molecule has 0 fully saturated rings. The maximum absolute atomic E-state index is 11.0. The summed E-state index contributed by atoms with van der Waals surface area (Å²) in [5.41, 5.74) is 7.45.